The Morgan fingerprint density at radius 3 is 2.65 bits per heavy atom. The Morgan fingerprint density at radius 1 is 1.16 bits per heavy atom. The van der Waals surface area contributed by atoms with Gasteiger partial charge in [-0.15, -0.1) is 11.8 Å². The highest BCUT2D eigenvalue weighted by Gasteiger charge is 2.34. The summed E-state index contributed by atoms with van der Waals surface area (Å²) in [7, 11) is 1.64. The number of aryl methyl sites for hydroxylation is 2. The van der Waals surface area contributed by atoms with E-state index in [-0.39, 0.29) is 16.4 Å². The van der Waals surface area contributed by atoms with E-state index >= 15 is 0 Å². The summed E-state index contributed by atoms with van der Waals surface area (Å²) >= 11 is 1.61. The first-order valence-electron chi connectivity index (χ1n) is 10.4. The molecule has 2 aromatic carbocycles. The molecule has 0 aliphatic carbocycles. The van der Waals surface area contributed by atoms with Crippen molar-refractivity contribution in [3.05, 3.63) is 64.8 Å². The summed E-state index contributed by atoms with van der Waals surface area (Å²) in [6.45, 7) is 8.49. The number of benzene rings is 2. The van der Waals surface area contributed by atoms with Crippen LogP contribution in [0, 0.1) is 13.8 Å². The van der Waals surface area contributed by atoms with E-state index in [9.17, 15) is 4.79 Å². The Bertz CT molecular complexity index is 1130. The Labute approximate surface area is 186 Å². The van der Waals surface area contributed by atoms with E-state index in [1.165, 1.54) is 0 Å². The molecule has 31 heavy (non-hydrogen) atoms. The second-order valence-electron chi connectivity index (χ2n) is 7.54. The molecule has 3 aromatic rings. The third-order valence-electron chi connectivity index (χ3n) is 5.45. The molecular formula is C24H27N3O3S. The Hall–Kier alpha value is -2.93. The SMILES string of the molecule is CCOc1ccc(C2SC(C)C(=O)Nc3c2c(C)nn3-c2ccccc2C)cc1OC. The number of carbonyl (C=O) groups is 1. The molecule has 6 nitrogen and oxygen atoms in total. The standard InChI is InChI=1S/C24H27N3O3S/c1-6-30-19-12-11-17(13-20(19)29-5)22-21-15(3)26-27(18-10-8-7-9-14(18)2)23(21)25-24(28)16(4)31-22/h7-13,16,22H,6H2,1-5H3,(H,25,28). The van der Waals surface area contributed by atoms with Gasteiger partial charge in [-0.2, -0.15) is 5.10 Å². The number of anilines is 1. The van der Waals surface area contributed by atoms with E-state index < -0.39 is 0 Å². The number of amides is 1. The average molecular weight is 438 g/mol. The van der Waals surface area contributed by atoms with Gasteiger partial charge in [0.1, 0.15) is 5.82 Å². The number of carbonyl (C=O) groups excluding carboxylic acids is 1. The van der Waals surface area contributed by atoms with Crippen LogP contribution in [0.15, 0.2) is 42.5 Å². The van der Waals surface area contributed by atoms with Gasteiger partial charge < -0.3 is 14.8 Å². The molecule has 2 heterocycles. The number of methoxy groups -OCH3 is 1. The highest BCUT2D eigenvalue weighted by Crippen LogP contribution is 2.47. The summed E-state index contributed by atoms with van der Waals surface area (Å²) in [6, 6.07) is 14.0. The first-order chi connectivity index (χ1) is 14.9. The second-order valence-corrected chi connectivity index (χ2v) is 8.99. The lowest BCUT2D eigenvalue weighted by Gasteiger charge is -2.19. The number of fused-ring (bicyclic) bond motifs is 1. The maximum Gasteiger partial charge on any atom is 0.238 e. The van der Waals surface area contributed by atoms with E-state index in [0.29, 0.717) is 18.1 Å². The summed E-state index contributed by atoms with van der Waals surface area (Å²) < 4.78 is 13.1. The van der Waals surface area contributed by atoms with Crippen molar-refractivity contribution in [1.29, 1.82) is 0 Å². The van der Waals surface area contributed by atoms with Crippen LogP contribution in [0.1, 0.15) is 41.5 Å². The van der Waals surface area contributed by atoms with Crippen molar-refractivity contribution in [2.75, 3.05) is 19.0 Å². The van der Waals surface area contributed by atoms with Gasteiger partial charge in [0.15, 0.2) is 11.5 Å². The van der Waals surface area contributed by atoms with Crippen molar-refractivity contribution in [2.45, 2.75) is 38.2 Å². The quantitative estimate of drug-likeness (QED) is 0.604. The molecule has 1 N–H and O–H groups in total. The van der Waals surface area contributed by atoms with Crippen LogP contribution in [0.5, 0.6) is 11.5 Å². The number of aromatic nitrogens is 2. The zero-order valence-electron chi connectivity index (χ0n) is 18.4. The smallest absolute Gasteiger partial charge is 0.238 e. The topological polar surface area (TPSA) is 65.4 Å². The monoisotopic (exact) mass is 437 g/mol. The molecule has 2 atom stereocenters. The first-order valence-corrected chi connectivity index (χ1v) is 11.3. The number of rotatable bonds is 5. The molecule has 0 spiro atoms. The summed E-state index contributed by atoms with van der Waals surface area (Å²) in [5, 5.41) is 7.65. The fourth-order valence-corrected chi connectivity index (χ4v) is 5.18. The van der Waals surface area contributed by atoms with Gasteiger partial charge in [0.2, 0.25) is 5.91 Å². The van der Waals surface area contributed by atoms with Crippen LogP contribution in [0.3, 0.4) is 0 Å². The zero-order chi connectivity index (χ0) is 22.1. The summed E-state index contributed by atoms with van der Waals surface area (Å²) in [5.74, 6) is 2.09. The van der Waals surface area contributed by atoms with Crippen LogP contribution in [-0.2, 0) is 4.79 Å². The maximum atomic E-state index is 12.9. The zero-order valence-corrected chi connectivity index (χ0v) is 19.2. The van der Waals surface area contributed by atoms with Crippen LogP contribution >= 0.6 is 11.8 Å². The predicted molar refractivity (Wildman–Crippen MR) is 125 cm³/mol. The Balaban J connectivity index is 1.89. The molecule has 4 rings (SSSR count). The van der Waals surface area contributed by atoms with Crippen molar-refractivity contribution in [2.24, 2.45) is 0 Å². The molecule has 7 heteroatoms. The molecule has 0 bridgehead atoms. The second kappa shape index (κ2) is 8.67. The minimum Gasteiger partial charge on any atom is -0.493 e. The summed E-state index contributed by atoms with van der Waals surface area (Å²) in [5.41, 5.74) is 4.98. The number of hydrogen-bond acceptors (Lipinski definition) is 5. The third-order valence-corrected chi connectivity index (χ3v) is 6.86. The maximum absolute atomic E-state index is 12.9. The van der Waals surface area contributed by atoms with E-state index in [2.05, 4.69) is 5.32 Å². The van der Waals surface area contributed by atoms with Crippen molar-refractivity contribution in [1.82, 2.24) is 9.78 Å². The molecule has 1 aliphatic rings. The van der Waals surface area contributed by atoms with Crippen LogP contribution < -0.4 is 14.8 Å². The highest BCUT2D eigenvalue weighted by molar-refractivity contribution is 8.01. The number of nitrogens with zero attached hydrogens (tertiary/aromatic N) is 2. The Kier molecular flexibility index (Phi) is 5.96. The van der Waals surface area contributed by atoms with Gasteiger partial charge in [-0.25, -0.2) is 4.68 Å². The van der Waals surface area contributed by atoms with Crippen molar-refractivity contribution in [3.63, 3.8) is 0 Å². The number of para-hydroxylation sites is 1. The fraction of sp³-hybridized carbons (Fsp3) is 0.333. The number of ether oxygens (including phenoxy) is 2. The van der Waals surface area contributed by atoms with E-state index in [4.69, 9.17) is 14.6 Å². The highest BCUT2D eigenvalue weighted by atomic mass is 32.2. The van der Waals surface area contributed by atoms with Crippen molar-refractivity contribution >= 4 is 23.5 Å². The molecule has 162 valence electrons. The molecule has 2 unspecified atom stereocenters. The molecule has 0 radical (unpaired) electrons. The van der Waals surface area contributed by atoms with Crippen LogP contribution in [-0.4, -0.2) is 34.7 Å². The van der Waals surface area contributed by atoms with E-state index in [1.54, 1.807) is 18.9 Å². The molecule has 0 fully saturated rings. The molecule has 1 aromatic heterocycles. The number of thioether (sulfide) groups is 1. The van der Waals surface area contributed by atoms with Crippen LogP contribution in [0.4, 0.5) is 5.82 Å². The molecular weight excluding hydrogens is 410 g/mol. The minimum atomic E-state index is -0.223. The van der Waals surface area contributed by atoms with E-state index in [0.717, 1.165) is 33.9 Å². The average Bonchev–Trinajstić information content (AvgIpc) is 3.00. The van der Waals surface area contributed by atoms with Gasteiger partial charge in [-0.05, 0) is 57.0 Å². The minimum absolute atomic E-state index is 0.0265. The molecule has 0 saturated carbocycles. The summed E-state index contributed by atoms with van der Waals surface area (Å²) in [4.78, 5) is 12.9. The predicted octanol–water partition coefficient (Wildman–Crippen LogP) is 5.06. The lowest BCUT2D eigenvalue weighted by molar-refractivity contribution is -0.115. The lowest BCUT2D eigenvalue weighted by atomic mass is 10.0. The third kappa shape index (κ3) is 3.90. The Morgan fingerprint density at radius 2 is 1.94 bits per heavy atom. The van der Waals surface area contributed by atoms with Gasteiger partial charge in [-0.1, -0.05) is 24.3 Å². The first kappa shape index (κ1) is 21.3. The van der Waals surface area contributed by atoms with Gasteiger partial charge in [0.05, 0.1) is 35.6 Å². The van der Waals surface area contributed by atoms with E-state index in [1.807, 2.05) is 74.8 Å². The number of hydrogen-bond donors (Lipinski definition) is 1. The fourth-order valence-electron chi connectivity index (χ4n) is 3.87. The molecule has 1 aliphatic heterocycles. The molecule has 0 saturated heterocycles. The summed E-state index contributed by atoms with van der Waals surface area (Å²) in [6.07, 6.45) is 0. The van der Waals surface area contributed by atoms with Gasteiger partial charge in [-0.3, -0.25) is 4.79 Å². The largest absolute Gasteiger partial charge is 0.493 e. The van der Waals surface area contributed by atoms with Gasteiger partial charge in [0, 0.05) is 5.56 Å². The van der Waals surface area contributed by atoms with Crippen molar-refractivity contribution in [3.8, 4) is 17.2 Å². The van der Waals surface area contributed by atoms with Crippen LogP contribution in [0.2, 0.25) is 0 Å². The van der Waals surface area contributed by atoms with Crippen molar-refractivity contribution < 1.29 is 14.3 Å². The molecule has 1 amide bonds. The number of nitrogens with one attached hydrogen (secondary N) is 1. The van der Waals surface area contributed by atoms with Gasteiger partial charge >= 0.3 is 0 Å². The van der Waals surface area contributed by atoms with Gasteiger partial charge in [0.25, 0.3) is 0 Å². The normalized spacial score (nSPS) is 18.2. The lowest BCUT2D eigenvalue weighted by Crippen LogP contribution is -2.22. The van der Waals surface area contributed by atoms with Crippen LogP contribution in [0.25, 0.3) is 5.69 Å².